The summed E-state index contributed by atoms with van der Waals surface area (Å²) < 4.78 is 0. The van der Waals surface area contributed by atoms with Crippen molar-refractivity contribution in [1.82, 2.24) is 26.2 Å². The van der Waals surface area contributed by atoms with Crippen molar-refractivity contribution in [2.75, 3.05) is 19.6 Å². The van der Waals surface area contributed by atoms with E-state index in [9.17, 15) is 24.0 Å². The van der Waals surface area contributed by atoms with Crippen LogP contribution < -0.4 is 21.3 Å². The first kappa shape index (κ1) is 38.3. The smallest absolute Gasteiger partial charge is 0.315 e. The van der Waals surface area contributed by atoms with Crippen LogP contribution in [-0.2, 0) is 32.0 Å². The lowest BCUT2D eigenvalue weighted by atomic mass is 9.49. The molecule has 4 N–H and O–H groups in total. The number of carbonyl (C=O) groups is 5. The summed E-state index contributed by atoms with van der Waals surface area (Å²) in [6, 6.07) is 5.12. The number of hydrogen-bond acceptors (Lipinski definition) is 5. The third kappa shape index (κ3) is 9.29. The molecule has 0 radical (unpaired) electrons. The maximum absolute atomic E-state index is 14.4. The van der Waals surface area contributed by atoms with Crippen LogP contribution in [0.5, 0.6) is 0 Å². The fourth-order valence-electron chi connectivity index (χ4n) is 9.89. The second-order valence-corrected chi connectivity index (χ2v) is 15.8. The molecule has 10 heteroatoms. The Balaban J connectivity index is 0.00000162. The number of fused-ring (bicyclic) bond motifs is 1. The van der Waals surface area contributed by atoms with Gasteiger partial charge in [0.1, 0.15) is 12.1 Å². The lowest BCUT2D eigenvalue weighted by Crippen LogP contribution is -2.59. The zero-order chi connectivity index (χ0) is 36.5. The normalized spacial score (nSPS) is 26.9. The molecule has 1 saturated heterocycles. The fraction of sp³-hybridized carbons (Fsp3) is 0.634. The molecular formula is C41H59N5O5. The second-order valence-electron chi connectivity index (χ2n) is 15.8. The Morgan fingerprint density at radius 1 is 0.902 bits per heavy atom. The Bertz CT molecular complexity index is 1400. The highest BCUT2D eigenvalue weighted by molar-refractivity contribution is 6.38. The highest BCUT2D eigenvalue weighted by Crippen LogP contribution is 2.59. The van der Waals surface area contributed by atoms with Crippen LogP contribution in [0, 0.1) is 29.1 Å². The minimum atomic E-state index is -1.05. The lowest BCUT2D eigenvalue weighted by Gasteiger charge is -2.56. The average Bonchev–Trinajstić information content (AvgIpc) is 3.78. The third-order valence-corrected chi connectivity index (χ3v) is 11.7. The SMILES string of the molecule is C=CCCC(NC(=O)[C@@H]1CCCN1C(=O)[C@@H](NC(=O)NCC12CC3CC(CC(C3)C1)C2)C1Cc2ccccc2C1)C(=O)C(=O)NCC=C.CCC. The van der Waals surface area contributed by atoms with Gasteiger partial charge < -0.3 is 26.2 Å². The van der Waals surface area contributed by atoms with Gasteiger partial charge in [0.25, 0.3) is 5.91 Å². The van der Waals surface area contributed by atoms with Crippen molar-refractivity contribution >= 4 is 29.5 Å². The molecule has 278 valence electrons. The minimum Gasteiger partial charge on any atom is -0.346 e. The Hall–Kier alpha value is -3.95. The molecule has 6 aliphatic rings. The number of urea groups is 1. The van der Waals surface area contributed by atoms with Gasteiger partial charge in [0.15, 0.2) is 0 Å². The van der Waals surface area contributed by atoms with E-state index in [1.54, 1.807) is 11.0 Å². The van der Waals surface area contributed by atoms with Crippen LogP contribution in [0.3, 0.4) is 0 Å². The van der Waals surface area contributed by atoms with E-state index in [1.807, 2.05) is 12.1 Å². The average molecular weight is 702 g/mol. The Kier molecular flexibility index (Phi) is 13.1. The molecule has 0 aromatic heterocycles. The van der Waals surface area contributed by atoms with E-state index >= 15 is 0 Å². The molecule has 1 aliphatic heterocycles. The molecule has 4 bridgehead atoms. The van der Waals surface area contributed by atoms with Crippen molar-refractivity contribution in [2.24, 2.45) is 29.1 Å². The first-order chi connectivity index (χ1) is 24.6. The number of carbonyl (C=O) groups excluding carboxylic acids is 5. The van der Waals surface area contributed by atoms with Gasteiger partial charge in [-0.2, -0.15) is 0 Å². The van der Waals surface area contributed by atoms with E-state index in [0.29, 0.717) is 45.2 Å². The second kappa shape index (κ2) is 17.5. The van der Waals surface area contributed by atoms with E-state index < -0.39 is 35.7 Å². The maximum Gasteiger partial charge on any atom is 0.315 e. The van der Waals surface area contributed by atoms with E-state index in [2.05, 4.69) is 60.4 Å². The van der Waals surface area contributed by atoms with E-state index in [0.717, 1.165) is 17.8 Å². The van der Waals surface area contributed by atoms with E-state index in [-0.39, 0.29) is 36.2 Å². The molecule has 4 saturated carbocycles. The summed E-state index contributed by atoms with van der Waals surface area (Å²) in [7, 11) is 0. The van der Waals surface area contributed by atoms with Crippen molar-refractivity contribution in [1.29, 1.82) is 0 Å². The van der Waals surface area contributed by atoms with Crippen LogP contribution in [0.2, 0.25) is 0 Å². The predicted molar refractivity (Wildman–Crippen MR) is 199 cm³/mol. The summed E-state index contributed by atoms with van der Waals surface area (Å²) in [5.41, 5.74) is 2.50. The molecule has 51 heavy (non-hydrogen) atoms. The van der Waals surface area contributed by atoms with Crippen LogP contribution in [0.15, 0.2) is 49.6 Å². The quantitative estimate of drug-likeness (QED) is 0.160. The number of allylic oxidation sites excluding steroid dienone is 1. The van der Waals surface area contributed by atoms with Gasteiger partial charge in [-0.3, -0.25) is 19.2 Å². The third-order valence-electron chi connectivity index (χ3n) is 11.7. The topological polar surface area (TPSA) is 137 Å². The molecular weight excluding hydrogens is 642 g/mol. The van der Waals surface area contributed by atoms with Crippen molar-refractivity contribution in [2.45, 2.75) is 115 Å². The summed E-state index contributed by atoms with van der Waals surface area (Å²) in [5, 5.41) is 11.5. The molecule has 1 aromatic carbocycles. The molecule has 1 aromatic rings. The maximum atomic E-state index is 14.4. The lowest BCUT2D eigenvalue weighted by molar-refractivity contribution is -0.143. The van der Waals surface area contributed by atoms with E-state index in [1.165, 1.54) is 62.1 Å². The number of nitrogens with zero attached hydrogens (tertiary/aromatic N) is 1. The summed E-state index contributed by atoms with van der Waals surface area (Å²) in [5.74, 6) is -0.126. The summed E-state index contributed by atoms with van der Waals surface area (Å²) >= 11 is 0. The van der Waals surface area contributed by atoms with Gasteiger partial charge >= 0.3 is 6.03 Å². The number of rotatable bonds is 14. The Labute approximate surface area is 304 Å². The zero-order valence-corrected chi connectivity index (χ0v) is 30.7. The molecule has 0 spiro atoms. The standard InChI is InChI=1S/C38H51N5O5.C3H8/c1-3-5-11-30(33(44)35(46)39-13-4-2)41-34(45)31-12-8-14-43(31)36(47)32(29-18-27-9-6-7-10-28(27)19-29)42-37(48)40-23-38-20-24-15-25(21-38)17-26(16-24)22-38;1-3-2/h3-4,6-7,9-10,24-26,29-32H,1-2,5,8,11-23H2,(H,39,46)(H,41,45)(H2,40,42,48);3H2,1-2H3/t24?,25?,26?,30?,31-,32-,38?;/m0./s1. The van der Waals surface area contributed by atoms with Crippen LogP contribution in [-0.4, -0.2) is 72.2 Å². The molecule has 5 amide bonds. The van der Waals surface area contributed by atoms with Gasteiger partial charge in [0.2, 0.25) is 17.6 Å². The molecule has 5 aliphatic carbocycles. The van der Waals surface area contributed by atoms with Gasteiger partial charge in [-0.25, -0.2) is 4.79 Å². The van der Waals surface area contributed by atoms with Crippen molar-refractivity contribution in [3.05, 3.63) is 60.7 Å². The fourth-order valence-corrected chi connectivity index (χ4v) is 9.89. The molecule has 5 fully saturated rings. The number of Topliss-reactive ketones (excluding diaryl/α,β-unsaturated/α-hetero) is 1. The number of hydrogen-bond donors (Lipinski definition) is 4. The Morgan fingerprint density at radius 2 is 1.51 bits per heavy atom. The van der Waals surface area contributed by atoms with Gasteiger partial charge in [-0.05, 0) is 117 Å². The molecule has 10 nitrogen and oxygen atoms in total. The van der Waals surface area contributed by atoms with Gasteiger partial charge in [-0.1, -0.05) is 56.7 Å². The summed E-state index contributed by atoms with van der Waals surface area (Å²) in [6.07, 6.45) is 14.9. The van der Waals surface area contributed by atoms with Crippen LogP contribution in [0.4, 0.5) is 4.79 Å². The van der Waals surface area contributed by atoms with Gasteiger partial charge in [0, 0.05) is 19.6 Å². The van der Waals surface area contributed by atoms with Crippen LogP contribution >= 0.6 is 0 Å². The molecule has 3 atom stereocenters. The largest absolute Gasteiger partial charge is 0.346 e. The first-order valence-electron chi connectivity index (χ1n) is 19.4. The minimum absolute atomic E-state index is 0.132. The van der Waals surface area contributed by atoms with Crippen molar-refractivity contribution in [3.63, 3.8) is 0 Å². The monoisotopic (exact) mass is 701 g/mol. The first-order valence-corrected chi connectivity index (χ1v) is 19.4. The molecule has 7 rings (SSSR count). The van der Waals surface area contributed by atoms with Crippen LogP contribution in [0.1, 0.15) is 95.6 Å². The zero-order valence-electron chi connectivity index (χ0n) is 30.7. The number of likely N-dealkylation sites (tertiary alicyclic amines) is 1. The molecule has 1 heterocycles. The Morgan fingerprint density at radius 3 is 2.08 bits per heavy atom. The van der Waals surface area contributed by atoms with Crippen LogP contribution in [0.25, 0.3) is 0 Å². The van der Waals surface area contributed by atoms with Gasteiger partial charge in [0.05, 0.1) is 6.04 Å². The highest BCUT2D eigenvalue weighted by Gasteiger charge is 2.51. The van der Waals surface area contributed by atoms with Gasteiger partial charge in [-0.15, -0.1) is 13.2 Å². The van der Waals surface area contributed by atoms with Crippen molar-refractivity contribution in [3.8, 4) is 0 Å². The number of ketones is 1. The van der Waals surface area contributed by atoms with E-state index in [4.69, 9.17) is 0 Å². The molecule has 1 unspecified atom stereocenters. The number of benzene rings is 1. The summed E-state index contributed by atoms with van der Waals surface area (Å²) in [6.45, 7) is 12.6. The highest BCUT2D eigenvalue weighted by atomic mass is 16.2. The summed E-state index contributed by atoms with van der Waals surface area (Å²) in [4.78, 5) is 68.7. The predicted octanol–water partition coefficient (Wildman–Crippen LogP) is 5.02. The van der Waals surface area contributed by atoms with Crippen molar-refractivity contribution < 1.29 is 24.0 Å². The number of amides is 5. The number of nitrogens with one attached hydrogen (secondary N) is 4.